The van der Waals surface area contributed by atoms with E-state index in [1.54, 1.807) is 0 Å². The van der Waals surface area contributed by atoms with E-state index < -0.39 is 124 Å². The van der Waals surface area contributed by atoms with Crippen molar-refractivity contribution in [3.63, 3.8) is 0 Å². The molecular formula is C22H38N2O16. The molecule has 3 heterocycles. The van der Waals surface area contributed by atoms with Crippen molar-refractivity contribution in [1.82, 2.24) is 10.6 Å². The maximum atomic E-state index is 11.8. The minimum absolute atomic E-state index is 0.596. The molecule has 15 atom stereocenters. The Morgan fingerprint density at radius 1 is 0.650 bits per heavy atom. The summed E-state index contributed by atoms with van der Waals surface area (Å²) in [5.41, 5.74) is 0. The summed E-state index contributed by atoms with van der Waals surface area (Å²) < 4.78 is 27.4. The van der Waals surface area contributed by atoms with Crippen LogP contribution in [0.5, 0.6) is 0 Å². The van der Waals surface area contributed by atoms with Gasteiger partial charge in [-0.25, -0.2) is 0 Å². The molecule has 0 aliphatic carbocycles. The number of carbonyl (C=O) groups is 2. The van der Waals surface area contributed by atoms with Gasteiger partial charge in [0.25, 0.3) is 0 Å². The molecule has 3 aliphatic rings. The molecule has 0 radical (unpaired) electrons. The van der Waals surface area contributed by atoms with Crippen molar-refractivity contribution in [2.45, 2.75) is 106 Å². The van der Waals surface area contributed by atoms with Crippen molar-refractivity contribution in [2.24, 2.45) is 0 Å². The highest BCUT2D eigenvalue weighted by Gasteiger charge is 2.52. The zero-order valence-electron chi connectivity index (χ0n) is 21.7. The summed E-state index contributed by atoms with van der Waals surface area (Å²) in [6.45, 7) is 0.184. The average molecular weight is 587 g/mol. The molecule has 0 bridgehead atoms. The SMILES string of the molecule is CC(=O)N[C@@H]1[C@@H](OC2O[C@H](CO)[C@H](O)[C@H](O)[C@H]2O)[C@@H](O)[C@@H](COC2O[C@H](CO)[C@@H](O)[C@H](O)[C@H]2NC(C)=O)O[C@@H]1O. The highest BCUT2D eigenvalue weighted by atomic mass is 16.7. The molecule has 2 amide bonds. The molecule has 0 aromatic heterocycles. The highest BCUT2D eigenvalue weighted by Crippen LogP contribution is 2.30. The zero-order chi connectivity index (χ0) is 29.9. The average Bonchev–Trinajstić information content (AvgIpc) is 2.90. The van der Waals surface area contributed by atoms with E-state index in [0.29, 0.717) is 0 Å². The van der Waals surface area contributed by atoms with Gasteiger partial charge < -0.3 is 80.3 Å². The molecule has 11 N–H and O–H groups in total. The van der Waals surface area contributed by atoms with Gasteiger partial charge in [0.1, 0.15) is 73.1 Å². The summed E-state index contributed by atoms with van der Waals surface area (Å²) in [4.78, 5) is 23.4. The molecule has 232 valence electrons. The van der Waals surface area contributed by atoms with Crippen LogP contribution < -0.4 is 10.6 Å². The molecular weight excluding hydrogens is 548 g/mol. The number of carbonyl (C=O) groups excluding carboxylic acids is 2. The molecule has 3 saturated heterocycles. The lowest BCUT2D eigenvalue weighted by Crippen LogP contribution is -2.68. The lowest BCUT2D eigenvalue weighted by Gasteiger charge is -2.47. The summed E-state index contributed by atoms with van der Waals surface area (Å²) in [5.74, 6) is -1.26. The van der Waals surface area contributed by atoms with Gasteiger partial charge in [0.15, 0.2) is 18.9 Å². The molecule has 0 saturated carbocycles. The Bertz CT molecular complexity index is 852. The van der Waals surface area contributed by atoms with E-state index >= 15 is 0 Å². The molecule has 3 aliphatic heterocycles. The van der Waals surface area contributed by atoms with Gasteiger partial charge in [-0.2, -0.15) is 0 Å². The number of aliphatic hydroxyl groups excluding tert-OH is 9. The maximum Gasteiger partial charge on any atom is 0.217 e. The van der Waals surface area contributed by atoms with Gasteiger partial charge in [-0.1, -0.05) is 0 Å². The molecule has 3 rings (SSSR count). The van der Waals surface area contributed by atoms with Gasteiger partial charge >= 0.3 is 0 Å². The van der Waals surface area contributed by atoms with E-state index in [4.69, 9.17) is 23.7 Å². The van der Waals surface area contributed by atoms with Crippen LogP contribution in [-0.4, -0.2) is 170 Å². The standard InChI is InChI=1S/C22H38N2O16/c1-6(27)23-11-16(32)13(29)8(3-25)38-21(11)36-5-10-15(31)19(12(20(35)37-10)24-7(2)28)40-22-18(34)17(33)14(30)9(4-26)39-22/h8-22,25-26,29-35H,3-5H2,1-2H3,(H,23,27)(H,24,28)/t8-,9-,10-,11-,12-,13-,14+,15+,16-,17+,18-,19-,20+,21?,22?/m1/s1. The smallest absolute Gasteiger partial charge is 0.217 e. The fraction of sp³-hybridized carbons (Fsp3) is 0.909. The third-order valence-electron chi connectivity index (χ3n) is 6.88. The quantitative estimate of drug-likeness (QED) is 0.120. The van der Waals surface area contributed by atoms with Crippen LogP contribution in [0.2, 0.25) is 0 Å². The predicted molar refractivity (Wildman–Crippen MR) is 124 cm³/mol. The first kappa shape index (κ1) is 32.9. The highest BCUT2D eigenvalue weighted by molar-refractivity contribution is 5.73. The third-order valence-corrected chi connectivity index (χ3v) is 6.88. The molecule has 0 aromatic carbocycles. The van der Waals surface area contributed by atoms with Gasteiger partial charge in [-0.05, 0) is 0 Å². The van der Waals surface area contributed by atoms with Gasteiger partial charge in [-0.15, -0.1) is 0 Å². The normalized spacial score (nSPS) is 46.0. The second kappa shape index (κ2) is 14.0. The second-order valence-electron chi connectivity index (χ2n) is 9.85. The number of aliphatic hydroxyl groups is 9. The number of nitrogens with one attached hydrogen (secondary N) is 2. The minimum Gasteiger partial charge on any atom is -0.394 e. The van der Waals surface area contributed by atoms with Gasteiger partial charge in [-0.3, -0.25) is 9.59 Å². The maximum absolute atomic E-state index is 11.8. The van der Waals surface area contributed by atoms with Crippen LogP contribution in [0.4, 0.5) is 0 Å². The number of rotatable bonds is 9. The van der Waals surface area contributed by atoms with E-state index in [1.165, 1.54) is 0 Å². The van der Waals surface area contributed by atoms with E-state index in [-0.39, 0.29) is 0 Å². The second-order valence-corrected chi connectivity index (χ2v) is 9.85. The van der Waals surface area contributed by atoms with E-state index in [1.807, 2.05) is 0 Å². The van der Waals surface area contributed by atoms with Crippen molar-refractivity contribution in [3.8, 4) is 0 Å². The first-order chi connectivity index (χ1) is 18.8. The monoisotopic (exact) mass is 586 g/mol. The van der Waals surface area contributed by atoms with Crippen molar-refractivity contribution in [3.05, 3.63) is 0 Å². The molecule has 0 spiro atoms. The van der Waals surface area contributed by atoms with Crippen LogP contribution >= 0.6 is 0 Å². The Morgan fingerprint density at radius 2 is 1.18 bits per heavy atom. The van der Waals surface area contributed by atoms with Crippen molar-refractivity contribution in [1.29, 1.82) is 0 Å². The lowest BCUT2D eigenvalue weighted by molar-refractivity contribution is -0.345. The fourth-order valence-electron chi connectivity index (χ4n) is 4.76. The van der Waals surface area contributed by atoms with E-state index in [2.05, 4.69) is 10.6 Å². The molecule has 2 unspecified atom stereocenters. The van der Waals surface area contributed by atoms with Crippen LogP contribution in [0.3, 0.4) is 0 Å². The fourth-order valence-corrected chi connectivity index (χ4v) is 4.76. The van der Waals surface area contributed by atoms with Gasteiger partial charge in [0.05, 0.1) is 19.8 Å². The van der Waals surface area contributed by atoms with Crippen LogP contribution in [0.25, 0.3) is 0 Å². The zero-order valence-corrected chi connectivity index (χ0v) is 21.7. The Morgan fingerprint density at radius 3 is 1.73 bits per heavy atom. The van der Waals surface area contributed by atoms with Gasteiger partial charge in [0.2, 0.25) is 11.8 Å². The number of ether oxygens (including phenoxy) is 5. The summed E-state index contributed by atoms with van der Waals surface area (Å²) in [7, 11) is 0. The number of hydrogen-bond donors (Lipinski definition) is 11. The Labute approximate surface area is 228 Å². The van der Waals surface area contributed by atoms with Crippen LogP contribution in [-0.2, 0) is 33.3 Å². The third kappa shape index (κ3) is 7.23. The summed E-state index contributed by atoms with van der Waals surface area (Å²) in [5, 5.41) is 96.3. The van der Waals surface area contributed by atoms with Crippen molar-refractivity contribution < 1.29 is 79.2 Å². The molecule has 40 heavy (non-hydrogen) atoms. The molecule has 0 aromatic rings. The lowest BCUT2D eigenvalue weighted by atomic mass is 9.95. The van der Waals surface area contributed by atoms with E-state index in [0.717, 1.165) is 13.8 Å². The molecule has 18 nitrogen and oxygen atoms in total. The predicted octanol–water partition coefficient (Wildman–Crippen LogP) is -7.29. The molecule has 3 fully saturated rings. The summed E-state index contributed by atoms with van der Waals surface area (Å²) in [6.07, 6.45) is -21.0. The topological polar surface area (TPSA) is 286 Å². The minimum atomic E-state index is -1.87. The van der Waals surface area contributed by atoms with Gasteiger partial charge in [0, 0.05) is 13.8 Å². The van der Waals surface area contributed by atoms with E-state index in [9.17, 15) is 55.5 Å². The van der Waals surface area contributed by atoms with Crippen LogP contribution in [0.15, 0.2) is 0 Å². The van der Waals surface area contributed by atoms with Crippen molar-refractivity contribution in [2.75, 3.05) is 19.8 Å². The molecule has 18 heteroatoms. The largest absolute Gasteiger partial charge is 0.394 e. The van der Waals surface area contributed by atoms with Crippen LogP contribution in [0.1, 0.15) is 13.8 Å². The number of hydrogen-bond acceptors (Lipinski definition) is 16. The first-order valence-corrected chi connectivity index (χ1v) is 12.6. The van der Waals surface area contributed by atoms with Crippen molar-refractivity contribution >= 4 is 11.8 Å². The summed E-state index contributed by atoms with van der Waals surface area (Å²) in [6, 6.07) is -2.75. The summed E-state index contributed by atoms with van der Waals surface area (Å²) >= 11 is 0. The Balaban J connectivity index is 1.78. The van der Waals surface area contributed by atoms with Crippen LogP contribution in [0, 0.1) is 0 Å². The number of amides is 2. The first-order valence-electron chi connectivity index (χ1n) is 12.6. The Hall–Kier alpha value is -1.62. The Kier molecular flexibility index (Phi) is 11.5.